The molecule has 0 saturated carbocycles. The highest BCUT2D eigenvalue weighted by Gasteiger charge is 2.11. The molecular formula is C22H33IN4O. The second-order valence-electron chi connectivity index (χ2n) is 6.87. The van der Waals surface area contributed by atoms with Crippen molar-refractivity contribution in [2.45, 2.75) is 25.9 Å². The summed E-state index contributed by atoms with van der Waals surface area (Å²) >= 11 is 0. The van der Waals surface area contributed by atoms with Gasteiger partial charge in [-0.1, -0.05) is 54.6 Å². The number of nitrogens with zero attached hydrogens (tertiary/aromatic N) is 2. The van der Waals surface area contributed by atoms with Gasteiger partial charge in [-0.3, -0.25) is 0 Å². The Balaban J connectivity index is 0.00000392. The Labute approximate surface area is 186 Å². The van der Waals surface area contributed by atoms with Crippen LogP contribution in [0.4, 0.5) is 0 Å². The van der Waals surface area contributed by atoms with Crippen LogP contribution in [0.2, 0.25) is 0 Å². The molecular weight excluding hydrogens is 463 g/mol. The van der Waals surface area contributed by atoms with Crippen LogP contribution in [0.1, 0.15) is 29.5 Å². The van der Waals surface area contributed by atoms with E-state index in [-0.39, 0.29) is 36.5 Å². The molecule has 0 spiro atoms. The monoisotopic (exact) mass is 496 g/mol. The molecule has 0 radical (unpaired) electrons. The number of aliphatic hydroxyl groups is 1. The number of nitrogens with one attached hydrogen (secondary N) is 2. The van der Waals surface area contributed by atoms with Crippen LogP contribution < -0.4 is 10.6 Å². The SMILES string of the molecule is CCNC(=NCc1ccccc1CN(C)C)NCC(CO)c1ccccc1.I. The molecule has 0 aromatic heterocycles. The second-order valence-corrected chi connectivity index (χ2v) is 6.87. The maximum absolute atomic E-state index is 9.75. The van der Waals surface area contributed by atoms with Crippen molar-refractivity contribution in [3.05, 3.63) is 71.3 Å². The molecule has 0 bridgehead atoms. The summed E-state index contributed by atoms with van der Waals surface area (Å²) in [5, 5.41) is 16.4. The third-order valence-electron chi connectivity index (χ3n) is 4.36. The minimum absolute atomic E-state index is 0. The highest BCUT2D eigenvalue weighted by Crippen LogP contribution is 2.14. The minimum Gasteiger partial charge on any atom is -0.396 e. The molecule has 28 heavy (non-hydrogen) atoms. The lowest BCUT2D eigenvalue weighted by atomic mass is 10.0. The van der Waals surface area contributed by atoms with Gasteiger partial charge in [0.25, 0.3) is 0 Å². The van der Waals surface area contributed by atoms with Crippen molar-refractivity contribution < 1.29 is 5.11 Å². The molecule has 0 heterocycles. The van der Waals surface area contributed by atoms with Gasteiger partial charge in [0.05, 0.1) is 13.2 Å². The Hall–Kier alpha value is -1.64. The van der Waals surface area contributed by atoms with Gasteiger partial charge in [0.2, 0.25) is 0 Å². The number of rotatable bonds is 9. The van der Waals surface area contributed by atoms with Gasteiger partial charge in [-0.2, -0.15) is 0 Å². The Bertz CT molecular complexity index is 707. The average molecular weight is 496 g/mol. The zero-order valence-electron chi connectivity index (χ0n) is 17.1. The van der Waals surface area contributed by atoms with E-state index < -0.39 is 0 Å². The molecule has 1 atom stereocenters. The summed E-state index contributed by atoms with van der Waals surface area (Å²) in [5.41, 5.74) is 3.64. The first-order valence-electron chi connectivity index (χ1n) is 9.53. The van der Waals surface area contributed by atoms with Crippen LogP contribution in [-0.4, -0.2) is 49.8 Å². The predicted molar refractivity (Wildman–Crippen MR) is 128 cm³/mol. The van der Waals surface area contributed by atoms with E-state index in [1.807, 2.05) is 30.3 Å². The number of benzene rings is 2. The molecule has 0 amide bonds. The predicted octanol–water partition coefficient (Wildman–Crippen LogP) is 3.20. The van der Waals surface area contributed by atoms with Gasteiger partial charge in [0, 0.05) is 25.6 Å². The fourth-order valence-corrected chi connectivity index (χ4v) is 2.95. The van der Waals surface area contributed by atoms with Crippen LogP contribution in [0.3, 0.4) is 0 Å². The molecule has 1 unspecified atom stereocenters. The van der Waals surface area contributed by atoms with Crippen LogP contribution in [-0.2, 0) is 13.1 Å². The molecule has 0 fully saturated rings. The first-order chi connectivity index (χ1) is 13.1. The molecule has 0 saturated heterocycles. The van der Waals surface area contributed by atoms with Crippen LogP contribution in [0.5, 0.6) is 0 Å². The van der Waals surface area contributed by atoms with Gasteiger partial charge in [0.1, 0.15) is 0 Å². The summed E-state index contributed by atoms with van der Waals surface area (Å²) in [5.74, 6) is 0.808. The first kappa shape index (κ1) is 24.4. The summed E-state index contributed by atoms with van der Waals surface area (Å²) < 4.78 is 0. The van der Waals surface area contributed by atoms with Gasteiger partial charge in [0.15, 0.2) is 5.96 Å². The van der Waals surface area contributed by atoms with E-state index in [4.69, 9.17) is 4.99 Å². The van der Waals surface area contributed by atoms with E-state index in [0.717, 1.165) is 24.6 Å². The number of aliphatic imine (C=N–C) groups is 1. The highest BCUT2D eigenvalue weighted by molar-refractivity contribution is 14.0. The quantitative estimate of drug-likeness (QED) is 0.284. The summed E-state index contributed by atoms with van der Waals surface area (Å²) in [7, 11) is 4.15. The molecule has 5 nitrogen and oxygen atoms in total. The lowest BCUT2D eigenvalue weighted by Crippen LogP contribution is -2.40. The van der Waals surface area contributed by atoms with Crippen molar-refractivity contribution in [2.75, 3.05) is 33.8 Å². The Morgan fingerprint density at radius 3 is 2.25 bits per heavy atom. The third kappa shape index (κ3) is 8.16. The van der Waals surface area contributed by atoms with E-state index in [9.17, 15) is 5.11 Å². The van der Waals surface area contributed by atoms with Crippen LogP contribution >= 0.6 is 24.0 Å². The third-order valence-corrected chi connectivity index (χ3v) is 4.36. The number of halogens is 1. The van der Waals surface area contributed by atoms with Crippen molar-refractivity contribution in [1.29, 1.82) is 0 Å². The Morgan fingerprint density at radius 1 is 1.00 bits per heavy atom. The van der Waals surface area contributed by atoms with E-state index in [0.29, 0.717) is 13.1 Å². The van der Waals surface area contributed by atoms with Crippen LogP contribution in [0.25, 0.3) is 0 Å². The van der Waals surface area contributed by atoms with E-state index in [1.165, 1.54) is 11.1 Å². The van der Waals surface area contributed by atoms with Crippen molar-refractivity contribution in [1.82, 2.24) is 15.5 Å². The molecule has 2 aromatic rings. The molecule has 0 aliphatic rings. The normalized spacial score (nSPS) is 12.4. The highest BCUT2D eigenvalue weighted by atomic mass is 127. The summed E-state index contributed by atoms with van der Waals surface area (Å²) in [4.78, 5) is 6.91. The number of hydrogen-bond donors (Lipinski definition) is 3. The molecule has 0 aliphatic carbocycles. The van der Waals surface area contributed by atoms with Crippen LogP contribution in [0.15, 0.2) is 59.6 Å². The fraction of sp³-hybridized carbons (Fsp3) is 0.409. The van der Waals surface area contributed by atoms with Gasteiger partial charge >= 0.3 is 0 Å². The average Bonchev–Trinajstić information content (AvgIpc) is 2.68. The zero-order chi connectivity index (χ0) is 19.5. The van der Waals surface area contributed by atoms with Gasteiger partial charge in [-0.15, -0.1) is 24.0 Å². The Morgan fingerprint density at radius 2 is 1.64 bits per heavy atom. The fourth-order valence-electron chi connectivity index (χ4n) is 2.95. The van der Waals surface area contributed by atoms with Crippen LogP contribution in [0, 0.1) is 0 Å². The Kier molecular flexibility index (Phi) is 11.8. The molecule has 6 heteroatoms. The molecule has 154 valence electrons. The smallest absolute Gasteiger partial charge is 0.191 e. The zero-order valence-corrected chi connectivity index (χ0v) is 19.4. The molecule has 3 N–H and O–H groups in total. The maximum atomic E-state index is 9.75. The first-order valence-corrected chi connectivity index (χ1v) is 9.53. The van der Waals surface area contributed by atoms with Gasteiger partial charge in [-0.05, 0) is 37.7 Å². The van der Waals surface area contributed by atoms with Crippen molar-refractivity contribution in [3.63, 3.8) is 0 Å². The number of hydrogen-bond acceptors (Lipinski definition) is 3. The van der Waals surface area contributed by atoms with Crippen molar-refractivity contribution >= 4 is 29.9 Å². The van der Waals surface area contributed by atoms with Crippen molar-refractivity contribution in [2.24, 2.45) is 4.99 Å². The maximum Gasteiger partial charge on any atom is 0.191 e. The summed E-state index contributed by atoms with van der Waals surface area (Å²) in [6, 6.07) is 18.5. The van der Waals surface area contributed by atoms with E-state index in [1.54, 1.807) is 0 Å². The number of guanidine groups is 1. The number of aliphatic hydroxyl groups excluding tert-OH is 1. The van der Waals surface area contributed by atoms with E-state index >= 15 is 0 Å². The topological polar surface area (TPSA) is 59.9 Å². The second kappa shape index (κ2) is 13.5. The summed E-state index contributed by atoms with van der Waals surface area (Å²) in [6.07, 6.45) is 0. The lowest BCUT2D eigenvalue weighted by molar-refractivity contribution is 0.265. The van der Waals surface area contributed by atoms with Gasteiger partial charge in [-0.25, -0.2) is 4.99 Å². The van der Waals surface area contributed by atoms with E-state index in [2.05, 4.69) is 60.8 Å². The molecule has 2 aromatic carbocycles. The van der Waals surface area contributed by atoms with Crippen molar-refractivity contribution in [3.8, 4) is 0 Å². The standard InChI is InChI=1S/C22H32N4O.HI/c1-4-23-22(25-15-21(17-27)18-10-6-5-7-11-18)24-14-19-12-8-9-13-20(19)16-26(2)3;/h5-13,21,27H,4,14-17H2,1-3H3,(H2,23,24,25);1H. The summed E-state index contributed by atoms with van der Waals surface area (Å²) in [6.45, 7) is 5.09. The lowest BCUT2D eigenvalue weighted by Gasteiger charge is -2.18. The minimum atomic E-state index is 0. The van der Waals surface area contributed by atoms with Gasteiger partial charge < -0.3 is 20.6 Å². The molecule has 2 rings (SSSR count). The molecule has 0 aliphatic heterocycles. The largest absolute Gasteiger partial charge is 0.396 e.